The van der Waals surface area contributed by atoms with E-state index in [2.05, 4.69) is 28.6 Å². The highest BCUT2D eigenvalue weighted by Crippen LogP contribution is 2.34. The van der Waals surface area contributed by atoms with E-state index in [0.717, 1.165) is 19.6 Å². The van der Waals surface area contributed by atoms with Gasteiger partial charge in [0.2, 0.25) is 0 Å². The minimum atomic E-state index is 0.0460. The third kappa shape index (κ3) is 3.03. The Morgan fingerprint density at radius 1 is 1.32 bits per heavy atom. The molecule has 3 rings (SSSR count). The molecule has 0 aromatic carbocycles. The lowest BCUT2D eigenvalue weighted by molar-refractivity contribution is 0.145. The van der Waals surface area contributed by atoms with Crippen LogP contribution in [0.3, 0.4) is 0 Å². The van der Waals surface area contributed by atoms with Crippen molar-refractivity contribution in [2.45, 2.75) is 38.8 Å². The fraction of sp³-hybridized carbons (Fsp3) is 0.625. The van der Waals surface area contributed by atoms with Crippen molar-refractivity contribution >= 4 is 23.0 Å². The lowest BCUT2D eigenvalue weighted by atomic mass is 9.83. The molecule has 1 aromatic heterocycles. The van der Waals surface area contributed by atoms with Crippen LogP contribution in [-0.2, 0) is 6.54 Å². The second kappa shape index (κ2) is 6.01. The molecule has 0 saturated carbocycles. The van der Waals surface area contributed by atoms with E-state index in [1.54, 1.807) is 0 Å². The Morgan fingerprint density at radius 2 is 2.09 bits per heavy atom. The summed E-state index contributed by atoms with van der Waals surface area (Å²) in [5, 5.41) is 6.66. The summed E-state index contributed by atoms with van der Waals surface area (Å²) in [4.78, 5) is 15.1. The highest BCUT2D eigenvalue weighted by molar-refractivity contribution is 7.80. The summed E-state index contributed by atoms with van der Waals surface area (Å²) in [5.74, 6) is 1.05. The number of likely N-dealkylation sites (N-methyl/N-ethyl adjacent to an activating group) is 1. The van der Waals surface area contributed by atoms with Crippen molar-refractivity contribution in [1.82, 2.24) is 14.8 Å². The maximum atomic E-state index is 12.7. The Bertz CT molecular complexity index is 640. The summed E-state index contributed by atoms with van der Waals surface area (Å²) >= 11 is 5.25. The molecule has 2 aliphatic rings. The van der Waals surface area contributed by atoms with Crippen LogP contribution in [0.15, 0.2) is 16.9 Å². The van der Waals surface area contributed by atoms with Crippen LogP contribution in [0.4, 0.5) is 5.69 Å². The maximum absolute atomic E-state index is 12.7. The normalized spacial score (nSPS) is 24.0. The van der Waals surface area contributed by atoms with E-state index < -0.39 is 0 Å². The number of anilines is 1. The molecule has 0 unspecified atom stereocenters. The number of nitrogens with zero attached hydrogens (tertiary/aromatic N) is 2. The number of aromatic nitrogens is 1. The fourth-order valence-electron chi connectivity index (χ4n) is 3.70. The molecule has 2 atom stereocenters. The second-order valence-corrected chi connectivity index (χ2v) is 7.27. The van der Waals surface area contributed by atoms with Crippen molar-refractivity contribution in [2.75, 3.05) is 25.5 Å². The molecule has 0 spiro atoms. The average Bonchev–Trinajstić information content (AvgIpc) is 2.41. The largest absolute Gasteiger partial charge is 0.360 e. The van der Waals surface area contributed by atoms with Gasteiger partial charge in [0.15, 0.2) is 5.11 Å². The van der Waals surface area contributed by atoms with Crippen LogP contribution in [0, 0.1) is 5.92 Å². The number of hydrogen-bond donors (Lipinski definition) is 2. The zero-order chi connectivity index (χ0) is 15.9. The zero-order valence-corrected chi connectivity index (χ0v) is 14.2. The molecule has 0 radical (unpaired) electrons. The van der Waals surface area contributed by atoms with Crippen LogP contribution < -0.4 is 16.2 Å². The average molecular weight is 320 g/mol. The molecule has 2 N–H and O–H groups in total. The molecule has 22 heavy (non-hydrogen) atoms. The van der Waals surface area contributed by atoms with Crippen molar-refractivity contribution in [3.63, 3.8) is 0 Å². The molecular formula is C16H24N4OS. The van der Waals surface area contributed by atoms with Crippen molar-refractivity contribution < 1.29 is 0 Å². The van der Waals surface area contributed by atoms with Crippen LogP contribution in [0.5, 0.6) is 0 Å². The summed E-state index contributed by atoms with van der Waals surface area (Å²) in [7, 11) is 2.17. The predicted molar refractivity (Wildman–Crippen MR) is 93.5 cm³/mol. The molecule has 2 aliphatic heterocycles. The first-order valence-corrected chi connectivity index (χ1v) is 8.34. The molecule has 0 aliphatic carbocycles. The van der Waals surface area contributed by atoms with Crippen molar-refractivity contribution in [1.29, 1.82) is 0 Å². The summed E-state index contributed by atoms with van der Waals surface area (Å²) < 4.78 is 1.95. The van der Waals surface area contributed by atoms with E-state index in [4.69, 9.17) is 12.2 Å². The van der Waals surface area contributed by atoms with Gasteiger partial charge in [0, 0.05) is 37.3 Å². The standard InChI is InChI=1S/C16H24N4OS/c1-10(2)17-16(22)18-13-4-5-14-12-6-11(7-19(3)9-12)8-20(14)15(13)21/h4-5,10-12H,6-9H2,1-3H3,(H2,17,18,22)/t11-,12+/m0/s1. The minimum Gasteiger partial charge on any atom is -0.360 e. The van der Waals surface area contributed by atoms with Gasteiger partial charge in [-0.1, -0.05) is 0 Å². The van der Waals surface area contributed by atoms with Crippen LogP contribution in [0.25, 0.3) is 0 Å². The molecule has 3 heterocycles. The Kier molecular flexibility index (Phi) is 4.23. The van der Waals surface area contributed by atoms with Crippen LogP contribution in [-0.4, -0.2) is 40.8 Å². The highest BCUT2D eigenvalue weighted by atomic mass is 32.1. The van der Waals surface area contributed by atoms with Crippen molar-refractivity contribution in [3.05, 3.63) is 28.2 Å². The third-order valence-corrected chi connectivity index (χ3v) is 4.67. The minimum absolute atomic E-state index is 0.0460. The Hall–Kier alpha value is -1.40. The number of pyridine rings is 1. The van der Waals surface area contributed by atoms with Gasteiger partial charge in [-0.05, 0) is 57.6 Å². The van der Waals surface area contributed by atoms with Crippen molar-refractivity contribution in [2.24, 2.45) is 5.92 Å². The number of rotatable bonds is 2. The van der Waals surface area contributed by atoms with Crippen LogP contribution >= 0.6 is 12.2 Å². The first-order valence-electron chi connectivity index (χ1n) is 7.94. The number of hydrogen-bond acceptors (Lipinski definition) is 3. The summed E-state index contributed by atoms with van der Waals surface area (Å²) in [6.07, 6.45) is 1.20. The smallest absolute Gasteiger partial charge is 0.274 e. The molecule has 1 fully saturated rings. The molecule has 2 bridgehead atoms. The Balaban J connectivity index is 1.87. The van der Waals surface area contributed by atoms with Crippen LogP contribution in [0.1, 0.15) is 31.9 Å². The van der Waals surface area contributed by atoms with Gasteiger partial charge < -0.3 is 20.1 Å². The fourth-order valence-corrected chi connectivity index (χ4v) is 4.05. The maximum Gasteiger partial charge on any atom is 0.274 e. The molecule has 120 valence electrons. The molecular weight excluding hydrogens is 296 g/mol. The molecule has 1 saturated heterocycles. The molecule has 1 aromatic rings. The summed E-state index contributed by atoms with van der Waals surface area (Å²) in [5.41, 5.74) is 1.78. The summed E-state index contributed by atoms with van der Waals surface area (Å²) in [6, 6.07) is 4.20. The number of thiocarbonyl (C=S) groups is 1. The van der Waals surface area contributed by atoms with E-state index in [0.29, 0.717) is 22.6 Å². The second-order valence-electron chi connectivity index (χ2n) is 6.86. The first kappa shape index (κ1) is 15.5. The van der Waals surface area contributed by atoms with E-state index in [9.17, 15) is 4.79 Å². The van der Waals surface area contributed by atoms with Gasteiger partial charge in [-0.2, -0.15) is 0 Å². The lowest BCUT2D eigenvalue weighted by Crippen LogP contribution is -2.46. The van der Waals surface area contributed by atoms with Gasteiger partial charge in [0.05, 0.1) is 0 Å². The Morgan fingerprint density at radius 3 is 2.82 bits per heavy atom. The third-order valence-electron chi connectivity index (χ3n) is 4.45. The van der Waals surface area contributed by atoms with Crippen LogP contribution in [0.2, 0.25) is 0 Å². The first-order chi connectivity index (χ1) is 10.4. The van der Waals surface area contributed by atoms with E-state index >= 15 is 0 Å². The van der Waals surface area contributed by atoms with E-state index in [-0.39, 0.29) is 11.6 Å². The number of likely N-dealkylation sites (tertiary alicyclic amines) is 1. The Labute approximate surface area is 136 Å². The van der Waals surface area contributed by atoms with Crippen molar-refractivity contribution in [3.8, 4) is 0 Å². The van der Waals surface area contributed by atoms with Gasteiger partial charge >= 0.3 is 0 Å². The van der Waals surface area contributed by atoms with Gasteiger partial charge in [-0.15, -0.1) is 0 Å². The lowest BCUT2D eigenvalue weighted by Gasteiger charge is -2.41. The van der Waals surface area contributed by atoms with Gasteiger partial charge in [-0.3, -0.25) is 4.79 Å². The predicted octanol–water partition coefficient (Wildman–Crippen LogP) is 1.59. The monoisotopic (exact) mass is 320 g/mol. The molecule has 0 amide bonds. The summed E-state index contributed by atoms with van der Waals surface area (Å²) in [6.45, 7) is 6.97. The van der Waals surface area contributed by atoms with Gasteiger partial charge in [-0.25, -0.2) is 0 Å². The van der Waals surface area contributed by atoms with Gasteiger partial charge in [0.1, 0.15) is 5.69 Å². The zero-order valence-electron chi connectivity index (χ0n) is 13.4. The van der Waals surface area contributed by atoms with E-state index in [1.807, 2.05) is 24.5 Å². The number of fused-ring (bicyclic) bond motifs is 4. The number of nitrogens with one attached hydrogen (secondary N) is 2. The highest BCUT2D eigenvalue weighted by Gasteiger charge is 2.33. The topological polar surface area (TPSA) is 49.3 Å². The molecule has 6 heteroatoms. The molecule has 5 nitrogen and oxygen atoms in total. The number of piperidine rings is 1. The quantitative estimate of drug-likeness (QED) is 0.811. The SMILES string of the molecule is CC(C)NC(=S)Nc1ccc2n(c1=O)C[C@H]1C[C@@H]2CN(C)C1. The van der Waals surface area contributed by atoms with E-state index in [1.165, 1.54) is 12.1 Å². The van der Waals surface area contributed by atoms with Gasteiger partial charge in [0.25, 0.3) is 5.56 Å².